The SMILES string of the molecule is CCC(C)(CNC(=O)C1CCN(S(C)(=O)=O)CC1)C(=O)O. The van der Waals surface area contributed by atoms with Crippen molar-refractivity contribution in [3.8, 4) is 0 Å². The van der Waals surface area contributed by atoms with Gasteiger partial charge in [-0.1, -0.05) is 6.92 Å². The highest BCUT2D eigenvalue weighted by molar-refractivity contribution is 7.88. The minimum atomic E-state index is -3.20. The maximum atomic E-state index is 12.1. The van der Waals surface area contributed by atoms with Crippen molar-refractivity contribution in [2.45, 2.75) is 33.1 Å². The second-order valence-electron chi connectivity index (χ2n) is 5.87. The first-order chi connectivity index (χ1) is 9.60. The Balaban J connectivity index is 2.50. The van der Waals surface area contributed by atoms with Gasteiger partial charge in [0.05, 0.1) is 11.7 Å². The summed E-state index contributed by atoms with van der Waals surface area (Å²) in [6.07, 6.45) is 2.52. The van der Waals surface area contributed by atoms with Crippen molar-refractivity contribution in [1.29, 1.82) is 0 Å². The molecule has 8 heteroatoms. The van der Waals surface area contributed by atoms with Gasteiger partial charge in [0.15, 0.2) is 0 Å². The van der Waals surface area contributed by atoms with Crippen LogP contribution in [-0.4, -0.2) is 55.6 Å². The van der Waals surface area contributed by atoms with Crippen molar-refractivity contribution in [3.05, 3.63) is 0 Å². The van der Waals surface area contributed by atoms with Gasteiger partial charge in [0, 0.05) is 25.6 Å². The van der Waals surface area contributed by atoms with Crippen molar-refractivity contribution >= 4 is 21.9 Å². The summed E-state index contributed by atoms with van der Waals surface area (Å²) in [6.45, 7) is 4.12. The number of aliphatic carboxylic acids is 1. The van der Waals surface area contributed by atoms with Gasteiger partial charge in [-0.05, 0) is 26.2 Å². The van der Waals surface area contributed by atoms with E-state index < -0.39 is 21.4 Å². The van der Waals surface area contributed by atoms with Gasteiger partial charge in [-0.3, -0.25) is 9.59 Å². The Morgan fingerprint density at radius 1 is 1.33 bits per heavy atom. The van der Waals surface area contributed by atoms with Gasteiger partial charge in [-0.2, -0.15) is 0 Å². The number of nitrogens with zero attached hydrogens (tertiary/aromatic N) is 1. The monoisotopic (exact) mass is 320 g/mol. The molecule has 7 nitrogen and oxygen atoms in total. The summed E-state index contributed by atoms with van der Waals surface area (Å²) < 4.78 is 24.2. The lowest BCUT2D eigenvalue weighted by Crippen LogP contribution is -2.46. The van der Waals surface area contributed by atoms with Crippen LogP contribution in [-0.2, 0) is 19.6 Å². The van der Waals surface area contributed by atoms with E-state index in [1.807, 2.05) is 0 Å². The summed E-state index contributed by atoms with van der Waals surface area (Å²) >= 11 is 0. The molecule has 1 amide bonds. The van der Waals surface area contributed by atoms with Crippen LogP contribution in [0.2, 0.25) is 0 Å². The molecule has 2 N–H and O–H groups in total. The Morgan fingerprint density at radius 2 is 1.86 bits per heavy atom. The Kier molecular flexibility index (Phi) is 5.75. The number of amides is 1. The molecule has 1 aliphatic rings. The summed E-state index contributed by atoms with van der Waals surface area (Å²) in [5.74, 6) is -1.38. The third-order valence-corrected chi connectivity index (χ3v) is 5.55. The second kappa shape index (κ2) is 6.74. The predicted octanol–water partition coefficient (Wildman–Crippen LogP) is 0.275. The molecule has 1 fully saturated rings. The molecular formula is C13H24N2O5S. The molecule has 0 aliphatic carbocycles. The van der Waals surface area contributed by atoms with Gasteiger partial charge < -0.3 is 10.4 Å². The van der Waals surface area contributed by atoms with E-state index in [2.05, 4.69) is 5.32 Å². The summed E-state index contributed by atoms with van der Waals surface area (Å²) in [6, 6.07) is 0. The molecule has 1 atom stereocenters. The van der Waals surface area contributed by atoms with E-state index in [9.17, 15) is 18.0 Å². The number of hydrogen-bond donors (Lipinski definition) is 2. The Bertz CT molecular complexity index is 497. The van der Waals surface area contributed by atoms with E-state index in [1.165, 1.54) is 4.31 Å². The lowest BCUT2D eigenvalue weighted by Gasteiger charge is -2.30. The zero-order valence-corrected chi connectivity index (χ0v) is 13.6. The Labute approximate surface area is 125 Å². The van der Waals surface area contributed by atoms with E-state index >= 15 is 0 Å². The standard InChI is InChI=1S/C13H24N2O5S/c1-4-13(2,12(17)18)9-14-11(16)10-5-7-15(8-6-10)21(3,19)20/h10H,4-9H2,1-3H3,(H,14,16)(H,17,18). The number of piperidine rings is 1. The molecular weight excluding hydrogens is 296 g/mol. The number of sulfonamides is 1. The van der Waals surface area contributed by atoms with Crippen molar-refractivity contribution in [2.75, 3.05) is 25.9 Å². The first-order valence-corrected chi connectivity index (χ1v) is 8.91. The third kappa shape index (κ3) is 4.67. The molecule has 1 aliphatic heterocycles. The predicted molar refractivity (Wildman–Crippen MR) is 78.2 cm³/mol. The minimum absolute atomic E-state index is 0.0873. The first-order valence-electron chi connectivity index (χ1n) is 7.06. The highest BCUT2D eigenvalue weighted by Gasteiger charge is 2.33. The van der Waals surface area contributed by atoms with Crippen LogP contribution in [0.5, 0.6) is 0 Å². The molecule has 122 valence electrons. The molecule has 1 saturated heterocycles. The summed E-state index contributed by atoms with van der Waals surface area (Å²) in [7, 11) is -3.20. The van der Waals surface area contributed by atoms with E-state index in [1.54, 1.807) is 13.8 Å². The van der Waals surface area contributed by atoms with Crippen molar-refractivity contribution in [1.82, 2.24) is 9.62 Å². The van der Waals surface area contributed by atoms with Gasteiger partial charge in [-0.25, -0.2) is 12.7 Å². The molecule has 0 bridgehead atoms. The highest BCUT2D eigenvalue weighted by atomic mass is 32.2. The van der Waals surface area contributed by atoms with Crippen LogP contribution in [0, 0.1) is 11.3 Å². The number of hydrogen-bond acceptors (Lipinski definition) is 4. The van der Waals surface area contributed by atoms with Crippen LogP contribution in [0.15, 0.2) is 0 Å². The molecule has 0 saturated carbocycles. The van der Waals surface area contributed by atoms with Crippen LogP contribution < -0.4 is 5.32 Å². The van der Waals surface area contributed by atoms with Gasteiger partial charge in [0.2, 0.25) is 15.9 Å². The number of carboxylic acid groups (broad SMARTS) is 1. The molecule has 1 heterocycles. The summed E-state index contributed by atoms with van der Waals surface area (Å²) in [5.41, 5.74) is -0.969. The maximum absolute atomic E-state index is 12.1. The van der Waals surface area contributed by atoms with Crippen molar-refractivity contribution < 1.29 is 23.1 Å². The van der Waals surface area contributed by atoms with E-state index in [0.717, 1.165) is 6.26 Å². The smallest absolute Gasteiger partial charge is 0.311 e. The second-order valence-corrected chi connectivity index (χ2v) is 7.86. The van der Waals surface area contributed by atoms with Crippen LogP contribution in [0.25, 0.3) is 0 Å². The molecule has 0 aromatic heterocycles. The zero-order valence-electron chi connectivity index (χ0n) is 12.8. The Hall–Kier alpha value is -1.15. The molecule has 1 rings (SSSR count). The fourth-order valence-electron chi connectivity index (χ4n) is 2.23. The van der Waals surface area contributed by atoms with E-state index in [4.69, 9.17) is 5.11 Å². The van der Waals surface area contributed by atoms with Crippen LogP contribution in [0.4, 0.5) is 0 Å². The number of nitrogens with one attached hydrogen (secondary N) is 1. The number of rotatable bonds is 6. The van der Waals surface area contributed by atoms with Crippen molar-refractivity contribution in [3.63, 3.8) is 0 Å². The highest BCUT2D eigenvalue weighted by Crippen LogP contribution is 2.22. The average Bonchev–Trinajstić information content (AvgIpc) is 2.43. The van der Waals surface area contributed by atoms with Crippen LogP contribution >= 0.6 is 0 Å². The van der Waals surface area contributed by atoms with Crippen LogP contribution in [0.3, 0.4) is 0 Å². The zero-order chi connectivity index (χ0) is 16.3. The largest absolute Gasteiger partial charge is 0.481 e. The van der Waals surface area contributed by atoms with Gasteiger partial charge in [0.1, 0.15) is 0 Å². The molecule has 1 unspecified atom stereocenters. The normalized spacial score (nSPS) is 20.7. The lowest BCUT2D eigenvalue weighted by molar-refractivity contribution is -0.148. The van der Waals surface area contributed by atoms with Gasteiger partial charge in [0.25, 0.3) is 0 Å². The number of carboxylic acids is 1. The fourth-order valence-corrected chi connectivity index (χ4v) is 3.10. The third-order valence-electron chi connectivity index (χ3n) is 4.24. The molecule has 0 radical (unpaired) electrons. The summed E-state index contributed by atoms with van der Waals surface area (Å²) in [4.78, 5) is 23.2. The average molecular weight is 320 g/mol. The van der Waals surface area contributed by atoms with Gasteiger partial charge in [-0.15, -0.1) is 0 Å². The quantitative estimate of drug-likeness (QED) is 0.731. The topological polar surface area (TPSA) is 104 Å². The Morgan fingerprint density at radius 3 is 2.24 bits per heavy atom. The van der Waals surface area contributed by atoms with Crippen LogP contribution in [0.1, 0.15) is 33.1 Å². The fraction of sp³-hybridized carbons (Fsp3) is 0.846. The molecule has 21 heavy (non-hydrogen) atoms. The van der Waals surface area contributed by atoms with E-state index in [-0.39, 0.29) is 18.4 Å². The molecule has 0 aromatic carbocycles. The number of carbonyl (C=O) groups excluding carboxylic acids is 1. The summed E-state index contributed by atoms with van der Waals surface area (Å²) in [5, 5.41) is 11.8. The maximum Gasteiger partial charge on any atom is 0.311 e. The molecule has 0 spiro atoms. The van der Waals surface area contributed by atoms with E-state index in [0.29, 0.717) is 32.4 Å². The lowest BCUT2D eigenvalue weighted by atomic mass is 9.87. The number of carbonyl (C=O) groups is 2. The van der Waals surface area contributed by atoms with Crippen molar-refractivity contribution in [2.24, 2.45) is 11.3 Å². The molecule has 0 aromatic rings. The minimum Gasteiger partial charge on any atom is -0.481 e. The van der Waals surface area contributed by atoms with Gasteiger partial charge >= 0.3 is 5.97 Å². The first kappa shape index (κ1) is 17.9.